The lowest BCUT2D eigenvalue weighted by Crippen LogP contribution is -2.23. The van der Waals surface area contributed by atoms with Crippen molar-refractivity contribution in [1.82, 2.24) is 4.57 Å². The third-order valence-electron chi connectivity index (χ3n) is 2.91. The van der Waals surface area contributed by atoms with Crippen LogP contribution in [-0.4, -0.2) is 15.3 Å². The largest absolute Gasteiger partial charge is 0.390 e. The Kier molecular flexibility index (Phi) is 3.32. The predicted molar refractivity (Wildman–Crippen MR) is 75.3 cm³/mol. The summed E-state index contributed by atoms with van der Waals surface area (Å²) >= 11 is 3.58. The van der Waals surface area contributed by atoms with E-state index in [1.54, 1.807) is 0 Å². The minimum absolute atomic E-state index is 0.669. The Labute approximate surface area is 110 Å². The molecule has 0 unspecified atom stereocenters. The van der Waals surface area contributed by atoms with Crippen molar-refractivity contribution >= 4 is 26.8 Å². The summed E-state index contributed by atoms with van der Waals surface area (Å²) < 4.78 is 3.37. The number of hydrogen-bond acceptors (Lipinski definition) is 1. The molecule has 1 aromatic heterocycles. The lowest BCUT2D eigenvalue weighted by Gasteiger charge is -2.18. The van der Waals surface area contributed by atoms with Crippen LogP contribution in [0.3, 0.4) is 0 Å². The Morgan fingerprint density at radius 1 is 1.35 bits per heavy atom. The van der Waals surface area contributed by atoms with Crippen LogP contribution < -0.4 is 0 Å². The van der Waals surface area contributed by atoms with Crippen LogP contribution in [0, 0.1) is 0 Å². The van der Waals surface area contributed by atoms with Crippen LogP contribution in [0.2, 0.25) is 0 Å². The smallest absolute Gasteiger partial charge is 0.0646 e. The SMILES string of the molecule is CCn1c(CC(C)(C)O)cc2c(Br)cccc21. The van der Waals surface area contributed by atoms with Gasteiger partial charge in [0.1, 0.15) is 0 Å². The third-order valence-corrected chi connectivity index (χ3v) is 3.60. The summed E-state index contributed by atoms with van der Waals surface area (Å²) in [5.41, 5.74) is 1.73. The first-order chi connectivity index (χ1) is 7.92. The molecule has 0 radical (unpaired) electrons. The van der Waals surface area contributed by atoms with Gasteiger partial charge in [0, 0.05) is 34.0 Å². The van der Waals surface area contributed by atoms with E-state index in [4.69, 9.17) is 0 Å². The van der Waals surface area contributed by atoms with Crippen molar-refractivity contribution < 1.29 is 5.11 Å². The quantitative estimate of drug-likeness (QED) is 0.917. The first-order valence-corrected chi connectivity index (χ1v) is 6.70. The van der Waals surface area contributed by atoms with Gasteiger partial charge in [-0.3, -0.25) is 0 Å². The third kappa shape index (κ3) is 2.55. The van der Waals surface area contributed by atoms with Gasteiger partial charge in [-0.1, -0.05) is 22.0 Å². The second kappa shape index (κ2) is 4.46. The lowest BCUT2D eigenvalue weighted by molar-refractivity contribution is 0.0791. The molecule has 92 valence electrons. The fourth-order valence-corrected chi connectivity index (χ4v) is 2.74. The fraction of sp³-hybridized carbons (Fsp3) is 0.429. The monoisotopic (exact) mass is 295 g/mol. The molecular formula is C14H18BrNO. The van der Waals surface area contributed by atoms with Gasteiger partial charge in [0.25, 0.3) is 0 Å². The molecule has 3 heteroatoms. The molecular weight excluding hydrogens is 278 g/mol. The standard InChI is InChI=1S/C14H18BrNO/c1-4-16-10(9-14(2,3)17)8-11-12(15)6-5-7-13(11)16/h5-8,17H,4,9H2,1-3H3. The average Bonchev–Trinajstić information content (AvgIpc) is 2.54. The fourth-order valence-electron chi connectivity index (χ4n) is 2.27. The molecule has 2 rings (SSSR count). The number of rotatable bonds is 3. The number of benzene rings is 1. The van der Waals surface area contributed by atoms with Crippen LogP contribution in [0.4, 0.5) is 0 Å². The van der Waals surface area contributed by atoms with Crippen molar-refractivity contribution in [2.75, 3.05) is 0 Å². The van der Waals surface area contributed by atoms with E-state index in [1.165, 1.54) is 16.6 Å². The van der Waals surface area contributed by atoms with Gasteiger partial charge in [-0.2, -0.15) is 0 Å². The van der Waals surface area contributed by atoms with Crippen LogP contribution in [-0.2, 0) is 13.0 Å². The molecule has 0 fully saturated rings. The van der Waals surface area contributed by atoms with Gasteiger partial charge in [-0.05, 0) is 39.0 Å². The Morgan fingerprint density at radius 2 is 2.06 bits per heavy atom. The highest BCUT2D eigenvalue weighted by Crippen LogP contribution is 2.28. The highest BCUT2D eigenvalue weighted by Gasteiger charge is 2.18. The van der Waals surface area contributed by atoms with Crippen LogP contribution in [0.5, 0.6) is 0 Å². The van der Waals surface area contributed by atoms with Crippen LogP contribution in [0.15, 0.2) is 28.7 Å². The number of aliphatic hydroxyl groups is 1. The summed E-state index contributed by atoms with van der Waals surface area (Å²) in [6, 6.07) is 8.39. The molecule has 0 atom stereocenters. The molecule has 0 aliphatic rings. The Bertz CT molecular complexity index is 537. The van der Waals surface area contributed by atoms with Gasteiger partial charge >= 0.3 is 0 Å². The van der Waals surface area contributed by atoms with E-state index in [2.05, 4.69) is 45.6 Å². The molecule has 1 heterocycles. The van der Waals surface area contributed by atoms with Gasteiger partial charge in [0.15, 0.2) is 0 Å². The Balaban J connectivity index is 2.60. The van der Waals surface area contributed by atoms with Gasteiger partial charge in [0.05, 0.1) is 5.60 Å². The molecule has 0 aliphatic heterocycles. The zero-order valence-electron chi connectivity index (χ0n) is 10.5. The van der Waals surface area contributed by atoms with Crippen molar-refractivity contribution in [3.63, 3.8) is 0 Å². The van der Waals surface area contributed by atoms with Gasteiger partial charge < -0.3 is 9.67 Å². The minimum atomic E-state index is -0.673. The molecule has 2 nitrogen and oxygen atoms in total. The zero-order valence-corrected chi connectivity index (χ0v) is 12.1. The topological polar surface area (TPSA) is 25.2 Å². The van der Waals surface area contributed by atoms with Crippen molar-refractivity contribution in [3.8, 4) is 0 Å². The van der Waals surface area contributed by atoms with E-state index in [9.17, 15) is 5.11 Å². The number of fused-ring (bicyclic) bond motifs is 1. The zero-order chi connectivity index (χ0) is 12.6. The highest BCUT2D eigenvalue weighted by atomic mass is 79.9. The second-order valence-corrected chi connectivity index (χ2v) is 5.90. The Hall–Kier alpha value is -0.800. The van der Waals surface area contributed by atoms with Gasteiger partial charge in [-0.15, -0.1) is 0 Å². The number of hydrogen-bond donors (Lipinski definition) is 1. The normalized spacial score (nSPS) is 12.3. The summed E-state index contributed by atoms with van der Waals surface area (Å²) in [5, 5.41) is 11.2. The molecule has 0 saturated heterocycles. The summed E-state index contributed by atoms with van der Waals surface area (Å²) in [6.45, 7) is 6.75. The van der Waals surface area contributed by atoms with E-state index in [0.717, 1.165) is 11.0 Å². The average molecular weight is 296 g/mol. The lowest BCUT2D eigenvalue weighted by atomic mass is 10.0. The number of aromatic nitrogens is 1. The van der Waals surface area contributed by atoms with E-state index in [1.807, 2.05) is 19.9 Å². The summed E-state index contributed by atoms with van der Waals surface area (Å²) in [4.78, 5) is 0. The summed E-state index contributed by atoms with van der Waals surface area (Å²) in [7, 11) is 0. The molecule has 0 saturated carbocycles. The predicted octanol–water partition coefficient (Wildman–Crippen LogP) is 3.74. The van der Waals surface area contributed by atoms with Crippen molar-refractivity contribution in [1.29, 1.82) is 0 Å². The molecule has 1 N–H and O–H groups in total. The van der Waals surface area contributed by atoms with E-state index >= 15 is 0 Å². The number of halogens is 1. The second-order valence-electron chi connectivity index (χ2n) is 5.04. The number of aryl methyl sites for hydroxylation is 1. The van der Waals surface area contributed by atoms with Crippen LogP contribution in [0.25, 0.3) is 10.9 Å². The van der Waals surface area contributed by atoms with E-state index in [0.29, 0.717) is 6.42 Å². The molecule has 0 bridgehead atoms. The molecule has 0 spiro atoms. The molecule has 0 aliphatic carbocycles. The van der Waals surface area contributed by atoms with Gasteiger partial charge in [-0.25, -0.2) is 0 Å². The van der Waals surface area contributed by atoms with Crippen LogP contribution >= 0.6 is 15.9 Å². The summed E-state index contributed by atoms with van der Waals surface area (Å²) in [6.07, 6.45) is 0.669. The molecule has 17 heavy (non-hydrogen) atoms. The first-order valence-electron chi connectivity index (χ1n) is 5.91. The maximum absolute atomic E-state index is 9.96. The van der Waals surface area contributed by atoms with Crippen molar-refractivity contribution in [2.24, 2.45) is 0 Å². The van der Waals surface area contributed by atoms with Crippen molar-refractivity contribution in [2.45, 2.75) is 39.3 Å². The van der Waals surface area contributed by atoms with Gasteiger partial charge in [0.2, 0.25) is 0 Å². The molecule has 0 amide bonds. The van der Waals surface area contributed by atoms with E-state index in [-0.39, 0.29) is 0 Å². The van der Waals surface area contributed by atoms with Crippen LogP contribution in [0.1, 0.15) is 26.5 Å². The van der Waals surface area contributed by atoms with E-state index < -0.39 is 5.60 Å². The molecule has 2 aromatic rings. The summed E-state index contributed by atoms with van der Waals surface area (Å²) in [5.74, 6) is 0. The minimum Gasteiger partial charge on any atom is -0.390 e. The number of nitrogens with zero attached hydrogens (tertiary/aromatic N) is 1. The van der Waals surface area contributed by atoms with Crippen molar-refractivity contribution in [3.05, 3.63) is 34.4 Å². The first kappa shape index (κ1) is 12.7. The molecule has 1 aromatic carbocycles. The highest BCUT2D eigenvalue weighted by molar-refractivity contribution is 9.10. The Morgan fingerprint density at radius 3 is 2.65 bits per heavy atom. The maximum Gasteiger partial charge on any atom is 0.0646 e. The maximum atomic E-state index is 9.96.